The molecule has 0 atom stereocenters. The van der Waals surface area contributed by atoms with Crippen molar-refractivity contribution in [2.24, 2.45) is 0 Å². The Labute approximate surface area is 58.9 Å². The number of allylic oxidation sites excluding steroid dienone is 1. The van der Waals surface area contributed by atoms with Crippen molar-refractivity contribution in [1.29, 1.82) is 0 Å². The zero-order valence-corrected chi connectivity index (χ0v) is 6.36. The fourth-order valence-corrected chi connectivity index (χ4v) is 1.68. The summed E-state index contributed by atoms with van der Waals surface area (Å²) in [5, 5.41) is 1.91. The van der Waals surface area contributed by atoms with Gasteiger partial charge >= 0.3 is 0 Å². The molecule has 9 heavy (non-hydrogen) atoms. The molecule has 0 saturated heterocycles. The van der Waals surface area contributed by atoms with Gasteiger partial charge in [0.1, 0.15) is 0 Å². The first-order valence-electron chi connectivity index (χ1n) is 2.75. The van der Waals surface area contributed by atoms with Gasteiger partial charge in [0, 0.05) is 14.0 Å². The van der Waals surface area contributed by atoms with Crippen LogP contribution in [0.15, 0.2) is 11.1 Å². The smallest absolute Gasteiger partial charge is 0.176 e. The Bertz CT molecular complexity index is 164. The van der Waals surface area contributed by atoms with E-state index in [1.54, 1.807) is 18.7 Å². The van der Waals surface area contributed by atoms with E-state index in [0.29, 0.717) is 0 Å². The van der Waals surface area contributed by atoms with Crippen LogP contribution in [0.3, 0.4) is 0 Å². The van der Waals surface area contributed by atoms with Gasteiger partial charge in [0.2, 0.25) is 0 Å². The number of carbonyl (C=O) groups is 1. The lowest BCUT2D eigenvalue weighted by atomic mass is 10.3. The molecule has 0 amide bonds. The maximum Gasteiger partial charge on any atom is 0.176 e. The van der Waals surface area contributed by atoms with E-state index in [0.717, 1.165) is 11.6 Å². The number of thioether (sulfide) groups is 1. The van der Waals surface area contributed by atoms with E-state index < -0.39 is 0 Å². The second kappa shape index (κ2) is 2.43. The molecule has 0 radical (unpaired) electrons. The van der Waals surface area contributed by atoms with Crippen molar-refractivity contribution >= 4 is 17.5 Å². The average molecular weight is 143 g/mol. The number of nitrogens with zero attached hydrogens (tertiary/aromatic N) is 1. The Morgan fingerprint density at radius 1 is 1.89 bits per heavy atom. The van der Waals surface area contributed by atoms with Crippen molar-refractivity contribution in [1.82, 2.24) is 4.90 Å². The molecule has 0 aromatic heterocycles. The topological polar surface area (TPSA) is 20.3 Å². The molecule has 3 heteroatoms. The first-order valence-corrected chi connectivity index (χ1v) is 3.80. The number of likely N-dealkylation sites (N-methyl/N-ethyl adjacent to an activating group) is 1. The van der Waals surface area contributed by atoms with Gasteiger partial charge in [0.25, 0.3) is 0 Å². The van der Waals surface area contributed by atoms with E-state index in [1.165, 1.54) is 0 Å². The second-order valence-corrected chi connectivity index (χ2v) is 2.88. The first-order chi connectivity index (χ1) is 4.22. The number of rotatable bonds is 1. The molecule has 0 fully saturated rings. The van der Waals surface area contributed by atoms with E-state index in [9.17, 15) is 4.79 Å². The zero-order valence-electron chi connectivity index (χ0n) is 5.55. The van der Waals surface area contributed by atoms with Crippen molar-refractivity contribution < 1.29 is 4.79 Å². The highest BCUT2D eigenvalue weighted by atomic mass is 32.2. The van der Waals surface area contributed by atoms with Crippen molar-refractivity contribution in [2.75, 3.05) is 12.9 Å². The maximum atomic E-state index is 10.7. The van der Waals surface area contributed by atoms with Crippen molar-refractivity contribution in [3.8, 4) is 0 Å². The molecule has 1 rings (SSSR count). The van der Waals surface area contributed by atoms with Gasteiger partial charge in [0.05, 0.1) is 11.6 Å². The quantitative estimate of drug-likeness (QED) is 0.547. The van der Waals surface area contributed by atoms with Gasteiger partial charge in [-0.15, -0.1) is 11.8 Å². The monoisotopic (exact) mass is 143 g/mol. The van der Waals surface area contributed by atoms with Gasteiger partial charge in [0.15, 0.2) is 5.78 Å². The minimum Gasteiger partial charge on any atom is -0.362 e. The Morgan fingerprint density at radius 3 is 2.78 bits per heavy atom. The molecule has 0 N–H and O–H groups in total. The Kier molecular flexibility index (Phi) is 1.81. The number of hydrogen-bond donors (Lipinski definition) is 0. The minimum atomic E-state index is 0.155. The van der Waals surface area contributed by atoms with Crippen LogP contribution in [0.5, 0.6) is 0 Å². The Balaban J connectivity index is 2.68. The van der Waals surface area contributed by atoms with Crippen LogP contribution in [0.1, 0.15) is 6.92 Å². The summed E-state index contributed by atoms with van der Waals surface area (Å²) in [5.41, 5.74) is 0.833. The van der Waals surface area contributed by atoms with Crippen LogP contribution in [0.25, 0.3) is 0 Å². The summed E-state index contributed by atoms with van der Waals surface area (Å²) < 4.78 is 0. The summed E-state index contributed by atoms with van der Waals surface area (Å²) in [6.07, 6.45) is 0. The molecule has 0 aliphatic carbocycles. The lowest BCUT2D eigenvalue weighted by molar-refractivity contribution is -0.114. The van der Waals surface area contributed by atoms with Gasteiger partial charge in [-0.25, -0.2) is 0 Å². The summed E-state index contributed by atoms with van der Waals surface area (Å²) in [7, 11) is 1.92. The minimum absolute atomic E-state index is 0.155. The van der Waals surface area contributed by atoms with Crippen LogP contribution in [0.2, 0.25) is 0 Å². The molecule has 50 valence electrons. The molecular formula is C6H9NOS. The third-order valence-electron chi connectivity index (χ3n) is 1.24. The molecule has 2 nitrogen and oxygen atoms in total. The zero-order chi connectivity index (χ0) is 6.85. The lowest BCUT2D eigenvalue weighted by Gasteiger charge is -2.10. The van der Waals surface area contributed by atoms with Gasteiger partial charge in [-0.1, -0.05) is 0 Å². The predicted octanol–water partition coefficient (Wildman–Crippen LogP) is 1.05. The first kappa shape index (κ1) is 6.68. The molecule has 1 aliphatic heterocycles. The molecular weight excluding hydrogens is 134 g/mol. The Hall–Kier alpha value is -0.440. The number of carbonyl (C=O) groups excluding carboxylic acids is 1. The van der Waals surface area contributed by atoms with E-state index in [2.05, 4.69) is 0 Å². The van der Waals surface area contributed by atoms with Crippen LogP contribution < -0.4 is 0 Å². The number of Topliss-reactive ketones (excluding diaryl/α,β-unsaturated/α-hetero) is 1. The van der Waals surface area contributed by atoms with Gasteiger partial charge in [-0.3, -0.25) is 4.79 Å². The van der Waals surface area contributed by atoms with Crippen LogP contribution >= 0.6 is 11.8 Å². The third kappa shape index (κ3) is 1.27. The van der Waals surface area contributed by atoms with Crippen molar-refractivity contribution in [2.45, 2.75) is 6.92 Å². The highest BCUT2D eigenvalue weighted by molar-refractivity contribution is 8.02. The summed E-state index contributed by atoms with van der Waals surface area (Å²) in [4.78, 5) is 12.7. The predicted molar refractivity (Wildman–Crippen MR) is 39.0 cm³/mol. The number of hydrogen-bond acceptors (Lipinski definition) is 3. The fourth-order valence-electron chi connectivity index (χ4n) is 0.739. The molecule has 0 spiro atoms. The number of ketones is 1. The fraction of sp³-hybridized carbons (Fsp3) is 0.500. The van der Waals surface area contributed by atoms with Gasteiger partial charge in [-0.2, -0.15) is 0 Å². The van der Waals surface area contributed by atoms with Gasteiger partial charge in [-0.05, 0) is 5.41 Å². The average Bonchev–Trinajstić information content (AvgIpc) is 2.13. The normalized spacial score (nSPS) is 18.0. The standard InChI is InChI=1S/C6H9NOS/c1-5(8)6-3-9-4-7(6)2/h3H,4H2,1-2H3. The molecule has 1 aliphatic rings. The molecule has 0 aromatic carbocycles. The lowest BCUT2D eigenvalue weighted by Crippen LogP contribution is -2.16. The van der Waals surface area contributed by atoms with E-state index in [1.807, 2.05) is 17.4 Å². The summed E-state index contributed by atoms with van der Waals surface area (Å²) in [6.45, 7) is 1.59. The molecule has 0 unspecified atom stereocenters. The summed E-state index contributed by atoms with van der Waals surface area (Å²) in [6, 6.07) is 0. The van der Waals surface area contributed by atoms with E-state index in [4.69, 9.17) is 0 Å². The molecule has 0 aromatic rings. The highest BCUT2D eigenvalue weighted by Crippen LogP contribution is 2.20. The molecule has 1 heterocycles. The van der Waals surface area contributed by atoms with Gasteiger partial charge < -0.3 is 4.90 Å². The molecule has 0 saturated carbocycles. The molecule has 0 bridgehead atoms. The highest BCUT2D eigenvalue weighted by Gasteiger charge is 2.13. The summed E-state index contributed by atoms with van der Waals surface area (Å²) >= 11 is 1.66. The second-order valence-electron chi connectivity index (χ2n) is 2.05. The van der Waals surface area contributed by atoms with Crippen molar-refractivity contribution in [3.63, 3.8) is 0 Å². The van der Waals surface area contributed by atoms with Crippen molar-refractivity contribution in [3.05, 3.63) is 11.1 Å². The largest absolute Gasteiger partial charge is 0.362 e. The van der Waals surface area contributed by atoms with Crippen LogP contribution in [-0.2, 0) is 4.79 Å². The van der Waals surface area contributed by atoms with Crippen LogP contribution in [0, 0.1) is 0 Å². The third-order valence-corrected chi connectivity index (χ3v) is 2.16. The maximum absolute atomic E-state index is 10.7. The van der Waals surface area contributed by atoms with E-state index in [-0.39, 0.29) is 5.78 Å². The van der Waals surface area contributed by atoms with Crippen LogP contribution in [-0.4, -0.2) is 23.6 Å². The Morgan fingerprint density at radius 2 is 2.56 bits per heavy atom. The van der Waals surface area contributed by atoms with Crippen LogP contribution in [0.4, 0.5) is 0 Å². The SMILES string of the molecule is CC(=O)C1=CSCN1C. The van der Waals surface area contributed by atoms with E-state index >= 15 is 0 Å². The summed E-state index contributed by atoms with van der Waals surface area (Å²) in [5.74, 6) is 1.07.